The predicted molar refractivity (Wildman–Crippen MR) is 78.7 cm³/mol. The molecule has 0 unspecified atom stereocenters. The molecule has 0 heterocycles. The Bertz CT molecular complexity index is 631. The lowest BCUT2D eigenvalue weighted by molar-refractivity contribution is 0.100. The van der Waals surface area contributed by atoms with Gasteiger partial charge in [0.1, 0.15) is 0 Å². The lowest BCUT2D eigenvalue weighted by Crippen LogP contribution is -2.18. The van der Waals surface area contributed by atoms with E-state index in [0.717, 1.165) is 0 Å². The normalized spacial score (nSPS) is 10.9. The summed E-state index contributed by atoms with van der Waals surface area (Å²) in [5.74, 6) is -0.392. The number of likely N-dealkylation sites (N-methyl/N-ethyl adjacent to an activating group) is 1. The first-order chi connectivity index (χ1) is 9.72. The fourth-order valence-electron chi connectivity index (χ4n) is 1.81. The van der Waals surface area contributed by atoms with Crippen molar-refractivity contribution in [2.45, 2.75) is 0 Å². The van der Waals surface area contributed by atoms with Gasteiger partial charge in [-0.3, -0.25) is 9.59 Å². The zero-order valence-corrected chi connectivity index (χ0v) is 11.2. The SMILES string of the molecule is CNC(=CC(=O)c1ccccc1)C(=O)c1ccccc1. The van der Waals surface area contributed by atoms with Crippen LogP contribution in [0.1, 0.15) is 20.7 Å². The zero-order chi connectivity index (χ0) is 14.4. The minimum absolute atomic E-state index is 0.195. The van der Waals surface area contributed by atoms with Crippen LogP contribution in [0.5, 0.6) is 0 Å². The summed E-state index contributed by atoms with van der Waals surface area (Å²) in [4.78, 5) is 24.3. The molecule has 3 nitrogen and oxygen atoms in total. The molecule has 0 aliphatic heterocycles. The Morgan fingerprint density at radius 3 is 1.85 bits per heavy atom. The monoisotopic (exact) mass is 265 g/mol. The van der Waals surface area contributed by atoms with Gasteiger partial charge in [0.15, 0.2) is 5.78 Å². The summed E-state index contributed by atoms with van der Waals surface area (Å²) in [6.45, 7) is 0. The molecule has 100 valence electrons. The first-order valence-corrected chi connectivity index (χ1v) is 6.31. The van der Waals surface area contributed by atoms with Gasteiger partial charge in [0, 0.05) is 24.3 Å². The molecule has 0 aromatic heterocycles. The van der Waals surface area contributed by atoms with E-state index in [1.165, 1.54) is 6.08 Å². The Kier molecular flexibility index (Phi) is 4.45. The van der Waals surface area contributed by atoms with Gasteiger partial charge in [-0.15, -0.1) is 0 Å². The molecule has 0 spiro atoms. The molecule has 1 N–H and O–H groups in total. The Balaban J connectivity index is 2.26. The highest BCUT2D eigenvalue weighted by molar-refractivity contribution is 6.14. The Morgan fingerprint density at radius 1 is 0.850 bits per heavy atom. The first-order valence-electron chi connectivity index (χ1n) is 6.31. The van der Waals surface area contributed by atoms with E-state index in [0.29, 0.717) is 11.1 Å². The molecule has 0 aliphatic carbocycles. The summed E-state index contributed by atoms with van der Waals surface area (Å²) in [7, 11) is 1.63. The largest absolute Gasteiger partial charge is 0.385 e. The smallest absolute Gasteiger partial charge is 0.208 e. The van der Waals surface area contributed by atoms with Gasteiger partial charge in [0.2, 0.25) is 5.78 Å². The molecular formula is C17H15NO2. The second-order valence-corrected chi connectivity index (χ2v) is 4.23. The van der Waals surface area contributed by atoms with Crippen molar-refractivity contribution in [1.29, 1.82) is 0 Å². The standard InChI is InChI=1S/C17H15NO2/c1-18-15(17(20)14-10-6-3-7-11-14)12-16(19)13-8-4-2-5-9-13/h2-12,18H,1H3. The van der Waals surface area contributed by atoms with Crippen LogP contribution < -0.4 is 5.32 Å². The third-order valence-corrected chi connectivity index (χ3v) is 2.88. The van der Waals surface area contributed by atoms with E-state index in [4.69, 9.17) is 0 Å². The van der Waals surface area contributed by atoms with Crippen molar-refractivity contribution in [1.82, 2.24) is 5.32 Å². The average Bonchev–Trinajstić information content (AvgIpc) is 2.53. The van der Waals surface area contributed by atoms with E-state index in [-0.39, 0.29) is 17.3 Å². The highest BCUT2D eigenvalue weighted by atomic mass is 16.1. The van der Waals surface area contributed by atoms with Crippen LogP contribution in [0.15, 0.2) is 72.4 Å². The van der Waals surface area contributed by atoms with Gasteiger partial charge in [-0.05, 0) is 0 Å². The van der Waals surface area contributed by atoms with Crippen molar-refractivity contribution in [3.63, 3.8) is 0 Å². The number of carbonyl (C=O) groups excluding carboxylic acids is 2. The first kappa shape index (κ1) is 13.7. The average molecular weight is 265 g/mol. The molecule has 20 heavy (non-hydrogen) atoms. The van der Waals surface area contributed by atoms with Gasteiger partial charge in [-0.1, -0.05) is 60.7 Å². The number of ketones is 2. The van der Waals surface area contributed by atoms with Crippen LogP contribution in [0.3, 0.4) is 0 Å². The maximum absolute atomic E-state index is 12.3. The summed E-state index contributed by atoms with van der Waals surface area (Å²) < 4.78 is 0. The maximum atomic E-state index is 12.3. The maximum Gasteiger partial charge on any atom is 0.208 e. The number of carbonyl (C=O) groups is 2. The molecule has 0 fully saturated rings. The number of nitrogens with one attached hydrogen (secondary N) is 1. The van der Waals surface area contributed by atoms with Gasteiger partial charge in [0.05, 0.1) is 5.70 Å². The van der Waals surface area contributed by atoms with E-state index in [1.54, 1.807) is 55.6 Å². The van der Waals surface area contributed by atoms with Gasteiger partial charge < -0.3 is 5.32 Å². The fraction of sp³-hybridized carbons (Fsp3) is 0.0588. The van der Waals surface area contributed by atoms with Crippen LogP contribution in [-0.2, 0) is 0 Å². The molecule has 0 bridgehead atoms. The lowest BCUT2D eigenvalue weighted by Gasteiger charge is -2.05. The molecular weight excluding hydrogens is 250 g/mol. The summed E-state index contributed by atoms with van der Waals surface area (Å²) in [5, 5.41) is 2.79. The Morgan fingerprint density at radius 2 is 1.35 bits per heavy atom. The Labute approximate surface area is 117 Å². The van der Waals surface area contributed by atoms with Crippen LogP contribution in [0.2, 0.25) is 0 Å². The van der Waals surface area contributed by atoms with E-state index < -0.39 is 0 Å². The van der Waals surface area contributed by atoms with Crippen LogP contribution in [0, 0.1) is 0 Å². The van der Waals surface area contributed by atoms with E-state index >= 15 is 0 Å². The molecule has 2 aromatic carbocycles. The number of Topliss-reactive ketones (excluding diaryl/α,β-unsaturated/α-hetero) is 1. The third-order valence-electron chi connectivity index (χ3n) is 2.88. The van der Waals surface area contributed by atoms with Gasteiger partial charge in [-0.2, -0.15) is 0 Å². The minimum atomic E-state index is -0.197. The second-order valence-electron chi connectivity index (χ2n) is 4.23. The van der Waals surface area contributed by atoms with Crippen molar-refractivity contribution < 1.29 is 9.59 Å². The molecule has 0 radical (unpaired) electrons. The van der Waals surface area contributed by atoms with Crippen molar-refractivity contribution in [3.8, 4) is 0 Å². The number of benzene rings is 2. The van der Waals surface area contributed by atoms with Crippen LogP contribution >= 0.6 is 0 Å². The fourth-order valence-corrected chi connectivity index (χ4v) is 1.81. The van der Waals surface area contributed by atoms with Crippen molar-refractivity contribution in [2.24, 2.45) is 0 Å². The van der Waals surface area contributed by atoms with Crippen LogP contribution in [0.25, 0.3) is 0 Å². The summed E-state index contributed by atoms with van der Waals surface area (Å²) in [6, 6.07) is 17.7. The molecule has 0 saturated carbocycles. The van der Waals surface area contributed by atoms with E-state index in [1.807, 2.05) is 12.1 Å². The number of allylic oxidation sites excluding steroid dienone is 2. The number of hydrogen-bond donors (Lipinski definition) is 1. The third kappa shape index (κ3) is 3.20. The van der Waals surface area contributed by atoms with Crippen molar-refractivity contribution in [3.05, 3.63) is 83.6 Å². The quantitative estimate of drug-likeness (QED) is 0.668. The van der Waals surface area contributed by atoms with Gasteiger partial charge >= 0.3 is 0 Å². The highest BCUT2D eigenvalue weighted by Gasteiger charge is 2.12. The topological polar surface area (TPSA) is 46.2 Å². The van der Waals surface area contributed by atoms with Crippen LogP contribution in [0.4, 0.5) is 0 Å². The van der Waals surface area contributed by atoms with Crippen molar-refractivity contribution >= 4 is 11.6 Å². The number of rotatable bonds is 5. The van der Waals surface area contributed by atoms with Gasteiger partial charge in [-0.25, -0.2) is 0 Å². The number of hydrogen-bond acceptors (Lipinski definition) is 3. The van der Waals surface area contributed by atoms with Crippen molar-refractivity contribution in [2.75, 3.05) is 7.05 Å². The minimum Gasteiger partial charge on any atom is -0.385 e. The molecule has 0 atom stereocenters. The summed E-state index contributed by atoms with van der Waals surface area (Å²) in [5.41, 5.74) is 1.39. The van der Waals surface area contributed by atoms with E-state index in [2.05, 4.69) is 5.32 Å². The van der Waals surface area contributed by atoms with E-state index in [9.17, 15) is 9.59 Å². The molecule has 0 aliphatic rings. The second kappa shape index (κ2) is 6.48. The summed E-state index contributed by atoms with van der Waals surface area (Å²) >= 11 is 0. The molecule has 0 amide bonds. The molecule has 2 aromatic rings. The molecule has 0 saturated heterocycles. The Hall–Kier alpha value is -2.68. The lowest BCUT2D eigenvalue weighted by atomic mass is 10.1. The predicted octanol–water partition coefficient (Wildman–Crippen LogP) is 2.86. The molecule has 3 heteroatoms. The zero-order valence-electron chi connectivity index (χ0n) is 11.2. The van der Waals surface area contributed by atoms with Crippen LogP contribution in [-0.4, -0.2) is 18.6 Å². The highest BCUT2D eigenvalue weighted by Crippen LogP contribution is 2.08. The molecule has 2 rings (SSSR count). The van der Waals surface area contributed by atoms with Gasteiger partial charge in [0.25, 0.3) is 0 Å². The summed E-state index contributed by atoms with van der Waals surface area (Å²) in [6.07, 6.45) is 1.34.